The minimum absolute atomic E-state index is 0.0830. The van der Waals surface area contributed by atoms with E-state index in [-0.39, 0.29) is 18.3 Å². The Labute approximate surface area is 94.6 Å². The molecule has 0 aliphatic carbocycles. The van der Waals surface area contributed by atoms with Crippen molar-refractivity contribution in [1.29, 1.82) is 0 Å². The molecule has 1 amide bonds. The van der Waals surface area contributed by atoms with Crippen molar-refractivity contribution in [2.24, 2.45) is 0 Å². The summed E-state index contributed by atoms with van der Waals surface area (Å²) < 4.78 is 17.8. The number of hydrogen-bond donors (Lipinski definition) is 1. The lowest BCUT2D eigenvalue weighted by Crippen LogP contribution is -2.29. The Morgan fingerprint density at radius 1 is 1.50 bits per heavy atom. The number of benzene rings is 1. The van der Waals surface area contributed by atoms with E-state index in [1.54, 1.807) is 6.07 Å². The lowest BCUT2D eigenvalue weighted by atomic mass is 10.1. The van der Waals surface area contributed by atoms with Gasteiger partial charge in [0.2, 0.25) is 5.91 Å². The summed E-state index contributed by atoms with van der Waals surface area (Å²) in [5, 5.41) is 2.70. The van der Waals surface area contributed by atoms with Gasteiger partial charge in [-0.05, 0) is 31.0 Å². The first-order valence-electron chi connectivity index (χ1n) is 5.31. The van der Waals surface area contributed by atoms with Crippen molar-refractivity contribution in [2.75, 3.05) is 19.8 Å². The van der Waals surface area contributed by atoms with Gasteiger partial charge in [-0.1, -0.05) is 12.1 Å². The molecule has 1 N–H and O–H groups in total. The Kier molecular flexibility index (Phi) is 5.50. The van der Waals surface area contributed by atoms with Gasteiger partial charge in [0.1, 0.15) is 12.4 Å². The fourth-order valence-electron chi connectivity index (χ4n) is 1.28. The van der Waals surface area contributed by atoms with Gasteiger partial charge in [0.25, 0.3) is 0 Å². The predicted molar refractivity (Wildman–Crippen MR) is 59.6 cm³/mol. The van der Waals surface area contributed by atoms with Gasteiger partial charge in [-0.25, -0.2) is 4.39 Å². The molecular weight excluding hydrogens is 209 g/mol. The first-order chi connectivity index (χ1) is 7.72. The number of halogens is 1. The zero-order valence-corrected chi connectivity index (χ0v) is 9.33. The number of carbonyl (C=O) groups is 1. The van der Waals surface area contributed by atoms with Gasteiger partial charge in [0, 0.05) is 13.2 Å². The van der Waals surface area contributed by atoms with E-state index in [2.05, 4.69) is 5.32 Å². The molecule has 1 aromatic carbocycles. The van der Waals surface area contributed by atoms with Crippen LogP contribution in [0.15, 0.2) is 24.3 Å². The van der Waals surface area contributed by atoms with Crippen LogP contribution in [0.5, 0.6) is 0 Å². The Hall–Kier alpha value is -1.42. The molecule has 88 valence electrons. The predicted octanol–water partition coefficient (Wildman–Crippen LogP) is 1.52. The van der Waals surface area contributed by atoms with Gasteiger partial charge in [-0.3, -0.25) is 4.79 Å². The van der Waals surface area contributed by atoms with Gasteiger partial charge >= 0.3 is 0 Å². The largest absolute Gasteiger partial charge is 0.372 e. The summed E-state index contributed by atoms with van der Waals surface area (Å²) in [6.45, 7) is 2.94. The standard InChI is InChI=1S/C12H16FNO2/c1-2-16-9-12(15)14-7-6-10-4-3-5-11(13)8-10/h3-5,8H,2,6-7,9H2,1H3,(H,14,15). The van der Waals surface area contributed by atoms with Crippen molar-refractivity contribution >= 4 is 5.91 Å². The summed E-state index contributed by atoms with van der Waals surface area (Å²) in [6, 6.07) is 6.36. The molecule has 0 atom stereocenters. The first-order valence-corrected chi connectivity index (χ1v) is 5.31. The Balaban J connectivity index is 2.22. The van der Waals surface area contributed by atoms with Crippen molar-refractivity contribution in [3.8, 4) is 0 Å². The van der Waals surface area contributed by atoms with E-state index in [9.17, 15) is 9.18 Å². The van der Waals surface area contributed by atoms with Crippen molar-refractivity contribution in [1.82, 2.24) is 5.32 Å². The maximum atomic E-state index is 12.8. The highest BCUT2D eigenvalue weighted by Crippen LogP contribution is 2.03. The van der Waals surface area contributed by atoms with Crippen LogP contribution in [-0.4, -0.2) is 25.7 Å². The number of amides is 1. The van der Waals surface area contributed by atoms with E-state index in [4.69, 9.17) is 4.74 Å². The van der Waals surface area contributed by atoms with Crippen LogP contribution in [0.4, 0.5) is 4.39 Å². The van der Waals surface area contributed by atoms with Crippen molar-refractivity contribution < 1.29 is 13.9 Å². The smallest absolute Gasteiger partial charge is 0.246 e. The van der Waals surface area contributed by atoms with Crippen LogP contribution in [-0.2, 0) is 16.0 Å². The molecule has 0 aliphatic heterocycles. The van der Waals surface area contributed by atoms with Gasteiger partial charge in [-0.2, -0.15) is 0 Å². The Bertz CT molecular complexity index is 342. The minimum atomic E-state index is -0.252. The second-order valence-electron chi connectivity index (χ2n) is 3.37. The maximum Gasteiger partial charge on any atom is 0.246 e. The van der Waals surface area contributed by atoms with Crippen LogP contribution in [0.25, 0.3) is 0 Å². The van der Waals surface area contributed by atoms with E-state index in [0.717, 1.165) is 5.56 Å². The van der Waals surface area contributed by atoms with E-state index in [0.29, 0.717) is 19.6 Å². The van der Waals surface area contributed by atoms with Crippen molar-refractivity contribution in [3.63, 3.8) is 0 Å². The van der Waals surface area contributed by atoms with Gasteiger partial charge in [0.15, 0.2) is 0 Å². The molecule has 4 heteroatoms. The average molecular weight is 225 g/mol. The quantitative estimate of drug-likeness (QED) is 0.797. The summed E-state index contributed by atoms with van der Waals surface area (Å²) >= 11 is 0. The van der Waals surface area contributed by atoms with Crippen LogP contribution in [0.3, 0.4) is 0 Å². The van der Waals surface area contributed by atoms with Crippen LogP contribution in [0, 0.1) is 5.82 Å². The monoisotopic (exact) mass is 225 g/mol. The Morgan fingerprint density at radius 2 is 2.31 bits per heavy atom. The molecule has 0 heterocycles. The second kappa shape index (κ2) is 6.95. The third kappa shape index (κ3) is 4.89. The zero-order valence-electron chi connectivity index (χ0n) is 9.33. The molecule has 0 saturated heterocycles. The first kappa shape index (κ1) is 12.6. The van der Waals surface area contributed by atoms with E-state index < -0.39 is 0 Å². The molecule has 3 nitrogen and oxygen atoms in total. The third-order valence-electron chi connectivity index (χ3n) is 2.06. The second-order valence-corrected chi connectivity index (χ2v) is 3.37. The lowest BCUT2D eigenvalue weighted by Gasteiger charge is -2.05. The average Bonchev–Trinajstić information content (AvgIpc) is 2.26. The van der Waals surface area contributed by atoms with Crippen LogP contribution in [0.1, 0.15) is 12.5 Å². The number of hydrogen-bond acceptors (Lipinski definition) is 2. The molecule has 0 bridgehead atoms. The number of nitrogens with one attached hydrogen (secondary N) is 1. The number of rotatable bonds is 6. The van der Waals surface area contributed by atoms with Crippen molar-refractivity contribution in [2.45, 2.75) is 13.3 Å². The third-order valence-corrected chi connectivity index (χ3v) is 2.06. The topological polar surface area (TPSA) is 38.3 Å². The van der Waals surface area contributed by atoms with Crippen LogP contribution < -0.4 is 5.32 Å². The Morgan fingerprint density at radius 3 is 3.00 bits per heavy atom. The van der Waals surface area contributed by atoms with Gasteiger partial charge in [0.05, 0.1) is 0 Å². The molecule has 1 aromatic rings. The molecule has 0 spiro atoms. The molecular formula is C12H16FNO2. The zero-order chi connectivity index (χ0) is 11.8. The molecule has 0 aliphatic rings. The SMILES string of the molecule is CCOCC(=O)NCCc1cccc(F)c1. The summed E-state index contributed by atoms with van der Waals surface area (Å²) in [4.78, 5) is 11.1. The van der Waals surface area contributed by atoms with Gasteiger partial charge in [-0.15, -0.1) is 0 Å². The fraction of sp³-hybridized carbons (Fsp3) is 0.417. The summed E-state index contributed by atoms with van der Waals surface area (Å²) in [5.74, 6) is -0.392. The summed E-state index contributed by atoms with van der Waals surface area (Å²) in [6.07, 6.45) is 0.621. The highest BCUT2D eigenvalue weighted by molar-refractivity contribution is 5.77. The molecule has 0 radical (unpaired) electrons. The minimum Gasteiger partial charge on any atom is -0.372 e. The van der Waals surface area contributed by atoms with Gasteiger partial charge < -0.3 is 10.1 Å². The van der Waals surface area contributed by atoms with E-state index >= 15 is 0 Å². The molecule has 0 saturated carbocycles. The normalized spacial score (nSPS) is 10.1. The molecule has 16 heavy (non-hydrogen) atoms. The van der Waals surface area contributed by atoms with Crippen LogP contribution in [0.2, 0.25) is 0 Å². The van der Waals surface area contributed by atoms with Crippen LogP contribution >= 0.6 is 0 Å². The number of ether oxygens (including phenoxy) is 1. The lowest BCUT2D eigenvalue weighted by molar-refractivity contribution is -0.125. The maximum absolute atomic E-state index is 12.8. The number of carbonyl (C=O) groups excluding carboxylic acids is 1. The van der Waals surface area contributed by atoms with E-state index in [1.807, 2.05) is 13.0 Å². The molecule has 0 unspecified atom stereocenters. The van der Waals surface area contributed by atoms with E-state index in [1.165, 1.54) is 12.1 Å². The molecule has 0 fully saturated rings. The van der Waals surface area contributed by atoms with Crippen molar-refractivity contribution in [3.05, 3.63) is 35.6 Å². The molecule has 1 rings (SSSR count). The summed E-state index contributed by atoms with van der Waals surface area (Å²) in [7, 11) is 0. The fourth-order valence-corrected chi connectivity index (χ4v) is 1.28. The highest BCUT2D eigenvalue weighted by atomic mass is 19.1. The molecule has 0 aromatic heterocycles. The summed E-state index contributed by atoms with van der Waals surface area (Å²) in [5.41, 5.74) is 0.872. The highest BCUT2D eigenvalue weighted by Gasteiger charge is 2.00.